The van der Waals surface area contributed by atoms with Gasteiger partial charge in [0.2, 0.25) is 5.91 Å². The van der Waals surface area contributed by atoms with Gasteiger partial charge in [0.25, 0.3) is 0 Å². The first-order chi connectivity index (χ1) is 11.5. The predicted octanol–water partition coefficient (Wildman–Crippen LogP) is 2.47. The van der Waals surface area contributed by atoms with Gasteiger partial charge in [0.1, 0.15) is 6.04 Å². The summed E-state index contributed by atoms with van der Waals surface area (Å²) in [5.41, 5.74) is 1.79. The summed E-state index contributed by atoms with van der Waals surface area (Å²) in [4.78, 5) is 27.0. The van der Waals surface area contributed by atoms with Gasteiger partial charge in [0, 0.05) is 34.6 Å². The van der Waals surface area contributed by atoms with Crippen LogP contribution in [0.5, 0.6) is 0 Å². The molecule has 0 bridgehead atoms. The monoisotopic (exact) mass is 394 g/mol. The van der Waals surface area contributed by atoms with Crippen LogP contribution in [0.15, 0.2) is 28.9 Å². The largest absolute Gasteiger partial charge is 0.480 e. The summed E-state index contributed by atoms with van der Waals surface area (Å²) >= 11 is 3.42. The Morgan fingerprint density at radius 3 is 3.00 bits per heavy atom. The predicted molar refractivity (Wildman–Crippen MR) is 92.8 cm³/mol. The molecule has 0 spiro atoms. The molecule has 3 N–H and O–H groups in total. The lowest BCUT2D eigenvalue weighted by Crippen LogP contribution is -2.46. The van der Waals surface area contributed by atoms with Crippen LogP contribution in [0.4, 0.5) is 0 Å². The molecule has 2 aromatic rings. The van der Waals surface area contributed by atoms with E-state index in [0.29, 0.717) is 13.2 Å². The summed E-state index contributed by atoms with van der Waals surface area (Å²) in [6.45, 7) is 1.02. The number of aliphatic carboxylic acids is 1. The third-order valence-corrected chi connectivity index (χ3v) is 4.79. The van der Waals surface area contributed by atoms with Gasteiger partial charge in [-0.1, -0.05) is 15.9 Å². The quantitative estimate of drug-likeness (QED) is 0.726. The molecule has 1 aliphatic heterocycles. The lowest BCUT2D eigenvalue weighted by Gasteiger charge is -2.23. The first-order valence-electron chi connectivity index (χ1n) is 7.91. The molecule has 0 unspecified atom stereocenters. The molecule has 1 aliphatic rings. The average Bonchev–Trinajstić information content (AvgIpc) is 2.97. The van der Waals surface area contributed by atoms with Crippen LogP contribution in [0.1, 0.15) is 18.4 Å². The van der Waals surface area contributed by atoms with Crippen LogP contribution >= 0.6 is 15.9 Å². The van der Waals surface area contributed by atoms with Crippen molar-refractivity contribution in [2.45, 2.75) is 25.3 Å². The number of carboxylic acid groups (broad SMARTS) is 1. The second-order valence-corrected chi connectivity index (χ2v) is 6.94. The summed E-state index contributed by atoms with van der Waals surface area (Å²) in [7, 11) is 0. The number of hydrogen-bond donors (Lipinski definition) is 3. The Bertz CT molecular complexity index is 752. The van der Waals surface area contributed by atoms with Gasteiger partial charge < -0.3 is 20.1 Å². The van der Waals surface area contributed by atoms with Crippen LogP contribution in [0, 0.1) is 5.92 Å². The number of aromatic amines is 1. The maximum atomic E-state index is 12.3. The molecule has 7 heteroatoms. The minimum atomic E-state index is -1.04. The van der Waals surface area contributed by atoms with E-state index in [0.717, 1.165) is 33.8 Å². The van der Waals surface area contributed by atoms with Crippen LogP contribution in [0.25, 0.3) is 10.9 Å². The number of H-pyrrole nitrogens is 1. The first kappa shape index (κ1) is 17.0. The smallest absolute Gasteiger partial charge is 0.326 e. The van der Waals surface area contributed by atoms with Crippen molar-refractivity contribution in [3.05, 3.63) is 34.4 Å². The minimum Gasteiger partial charge on any atom is -0.480 e. The Morgan fingerprint density at radius 2 is 2.29 bits per heavy atom. The highest BCUT2D eigenvalue weighted by Crippen LogP contribution is 2.24. The molecule has 1 amide bonds. The summed E-state index contributed by atoms with van der Waals surface area (Å²) in [6, 6.07) is 4.83. The van der Waals surface area contributed by atoms with E-state index < -0.39 is 12.0 Å². The Kier molecular flexibility index (Phi) is 5.20. The molecule has 1 aromatic carbocycles. The van der Waals surface area contributed by atoms with Crippen molar-refractivity contribution in [1.82, 2.24) is 10.3 Å². The second-order valence-electron chi connectivity index (χ2n) is 6.02. The zero-order valence-electron chi connectivity index (χ0n) is 13.0. The molecular formula is C17H19BrN2O4. The van der Waals surface area contributed by atoms with Gasteiger partial charge in [-0.2, -0.15) is 0 Å². The normalized spacial score (nSPS) is 19.1. The number of ether oxygens (including phenoxy) is 1. The van der Waals surface area contributed by atoms with Crippen LogP contribution in [-0.4, -0.2) is 41.2 Å². The van der Waals surface area contributed by atoms with E-state index in [1.54, 1.807) is 6.20 Å². The number of benzene rings is 1. The number of halogens is 1. The molecule has 24 heavy (non-hydrogen) atoms. The second kappa shape index (κ2) is 7.36. The Hall–Kier alpha value is -1.86. The first-order valence-corrected chi connectivity index (χ1v) is 8.70. The molecule has 0 aliphatic carbocycles. The van der Waals surface area contributed by atoms with Gasteiger partial charge >= 0.3 is 5.97 Å². The van der Waals surface area contributed by atoms with Gasteiger partial charge in [-0.15, -0.1) is 0 Å². The van der Waals surface area contributed by atoms with Crippen LogP contribution < -0.4 is 5.32 Å². The van der Waals surface area contributed by atoms with E-state index in [2.05, 4.69) is 26.2 Å². The molecule has 6 nitrogen and oxygen atoms in total. The van der Waals surface area contributed by atoms with Crippen molar-refractivity contribution < 1.29 is 19.4 Å². The summed E-state index contributed by atoms with van der Waals surface area (Å²) in [5, 5.41) is 13.1. The van der Waals surface area contributed by atoms with E-state index in [1.807, 2.05) is 18.2 Å². The van der Waals surface area contributed by atoms with Crippen LogP contribution in [0.2, 0.25) is 0 Å². The fourth-order valence-corrected chi connectivity index (χ4v) is 3.34. The Labute approximate surface area is 147 Å². The van der Waals surface area contributed by atoms with E-state index in [1.165, 1.54) is 0 Å². The molecule has 3 rings (SSSR count). The SMILES string of the molecule is O=C(N[C@H](Cc1c[nH]c2ccc(Br)cc12)C(=O)O)[C@@H]1CCCOC1. The van der Waals surface area contributed by atoms with E-state index >= 15 is 0 Å². The van der Waals surface area contributed by atoms with Gasteiger partial charge in [0.05, 0.1) is 12.5 Å². The third-order valence-electron chi connectivity index (χ3n) is 4.30. The average molecular weight is 395 g/mol. The lowest BCUT2D eigenvalue weighted by molar-refractivity contribution is -0.143. The summed E-state index contributed by atoms with van der Waals surface area (Å²) in [6.07, 6.45) is 3.58. The topological polar surface area (TPSA) is 91.4 Å². The molecule has 0 saturated carbocycles. The number of carbonyl (C=O) groups is 2. The molecular weight excluding hydrogens is 376 g/mol. The lowest BCUT2D eigenvalue weighted by atomic mass is 9.99. The fraction of sp³-hybridized carbons (Fsp3) is 0.412. The van der Waals surface area contributed by atoms with E-state index in [9.17, 15) is 14.7 Å². The standard InChI is InChI=1S/C17H19BrN2O4/c18-12-3-4-14-13(7-12)11(8-19-14)6-15(17(22)23)20-16(21)10-2-1-5-24-9-10/h3-4,7-8,10,15,19H,1-2,5-6,9H2,(H,20,21)(H,22,23)/t10-,15-/m1/s1. The fourth-order valence-electron chi connectivity index (χ4n) is 2.98. The number of rotatable bonds is 5. The molecule has 128 valence electrons. The van der Waals surface area contributed by atoms with Gasteiger partial charge in [-0.05, 0) is 36.6 Å². The van der Waals surface area contributed by atoms with Crippen molar-refractivity contribution in [2.75, 3.05) is 13.2 Å². The zero-order chi connectivity index (χ0) is 17.1. The highest BCUT2D eigenvalue weighted by molar-refractivity contribution is 9.10. The van der Waals surface area contributed by atoms with Crippen molar-refractivity contribution in [3.8, 4) is 0 Å². The van der Waals surface area contributed by atoms with Gasteiger partial charge in [0.15, 0.2) is 0 Å². The van der Waals surface area contributed by atoms with Crippen molar-refractivity contribution in [1.29, 1.82) is 0 Å². The Balaban J connectivity index is 1.74. The van der Waals surface area contributed by atoms with Crippen LogP contribution in [-0.2, 0) is 20.7 Å². The highest BCUT2D eigenvalue weighted by atomic mass is 79.9. The highest BCUT2D eigenvalue weighted by Gasteiger charge is 2.27. The number of fused-ring (bicyclic) bond motifs is 1. The zero-order valence-corrected chi connectivity index (χ0v) is 14.6. The number of aromatic nitrogens is 1. The van der Waals surface area contributed by atoms with E-state index in [-0.39, 0.29) is 18.2 Å². The van der Waals surface area contributed by atoms with Crippen molar-refractivity contribution >= 4 is 38.7 Å². The van der Waals surface area contributed by atoms with Crippen molar-refractivity contribution in [2.24, 2.45) is 5.92 Å². The molecule has 2 heterocycles. The summed E-state index contributed by atoms with van der Waals surface area (Å²) in [5.74, 6) is -1.55. The maximum Gasteiger partial charge on any atom is 0.326 e. The van der Waals surface area contributed by atoms with Gasteiger partial charge in [-0.25, -0.2) is 4.79 Å². The molecule has 1 saturated heterocycles. The molecule has 1 fully saturated rings. The minimum absolute atomic E-state index is 0.227. The number of hydrogen-bond acceptors (Lipinski definition) is 3. The number of carbonyl (C=O) groups excluding carboxylic acids is 1. The number of nitrogens with one attached hydrogen (secondary N) is 2. The van der Waals surface area contributed by atoms with Crippen LogP contribution in [0.3, 0.4) is 0 Å². The maximum absolute atomic E-state index is 12.3. The van der Waals surface area contributed by atoms with E-state index in [4.69, 9.17) is 4.74 Å². The summed E-state index contributed by atoms with van der Waals surface area (Å²) < 4.78 is 6.23. The molecule has 1 aromatic heterocycles. The third kappa shape index (κ3) is 3.79. The van der Waals surface area contributed by atoms with Gasteiger partial charge in [-0.3, -0.25) is 4.79 Å². The molecule has 0 radical (unpaired) electrons. The van der Waals surface area contributed by atoms with Crippen molar-refractivity contribution in [3.63, 3.8) is 0 Å². The molecule has 2 atom stereocenters. The number of carboxylic acids is 1. The number of amides is 1. The Morgan fingerprint density at radius 1 is 1.46 bits per heavy atom.